The topological polar surface area (TPSA) is 57.4 Å². The zero-order chi connectivity index (χ0) is 15.7. The average molecular weight is 308 g/mol. The Balaban J connectivity index is 2.07. The fourth-order valence-corrected chi connectivity index (χ4v) is 3.90. The van der Waals surface area contributed by atoms with Crippen LogP contribution < -0.4 is 0 Å². The maximum atomic E-state index is 4.62. The van der Waals surface area contributed by atoms with Gasteiger partial charge in [0.2, 0.25) is 0 Å². The van der Waals surface area contributed by atoms with Gasteiger partial charge in [0, 0.05) is 28.6 Å². The van der Waals surface area contributed by atoms with E-state index in [2.05, 4.69) is 56.3 Å². The van der Waals surface area contributed by atoms with Gasteiger partial charge in [-0.1, -0.05) is 24.3 Å². The maximum Gasteiger partial charge on any atom is 0.0964 e. The predicted molar refractivity (Wildman–Crippen MR) is 98.3 cm³/mol. The van der Waals surface area contributed by atoms with Crippen molar-refractivity contribution in [1.29, 1.82) is 0 Å². The molecular formula is C20H12N4. The molecule has 0 spiro atoms. The minimum atomic E-state index is 1.02. The van der Waals surface area contributed by atoms with E-state index >= 15 is 0 Å². The molecule has 2 N–H and O–H groups in total. The molecule has 0 aliphatic heterocycles. The fourth-order valence-electron chi connectivity index (χ4n) is 3.90. The van der Waals surface area contributed by atoms with Crippen LogP contribution in [0.2, 0.25) is 0 Å². The van der Waals surface area contributed by atoms with Crippen molar-refractivity contribution in [3.05, 3.63) is 61.1 Å². The number of nitrogens with one attached hydrogen (secondary N) is 2. The lowest BCUT2D eigenvalue weighted by molar-refractivity contribution is 1.35. The van der Waals surface area contributed by atoms with E-state index in [4.69, 9.17) is 0 Å². The first-order chi connectivity index (χ1) is 11.9. The molecule has 4 aromatic heterocycles. The largest absolute Gasteiger partial charge is 0.352 e. The Kier molecular flexibility index (Phi) is 2.07. The van der Waals surface area contributed by atoms with E-state index in [-0.39, 0.29) is 0 Å². The Morgan fingerprint density at radius 2 is 1.46 bits per heavy atom. The second-order valence-corrected chi connectivity index (χ2v) is 6.12. The van der Waals surface area contributed by atoms with Crippen molar-refractivity contribution >= 4 is 54.5 Å². The van der Waals surface area contributed by atoms with E-state index in [0.717, 1.165) is 27.6 Å². The van der Waals surface area contributed by atoms with Gasteiger partial charge in [-0.2, -0.15) is 0 Å². The minimum Gasteiger partial charge on any atom is -0.352 e. The van der Waals surface area contributed by atoms with Gasteiger partial charge in [0.05, 0.1) is 33.8 Å². The maximum absolute atomic E-state index is 4.62. The first-order valence-corrected chi connectivity index (χ1v) is 7.94. The SMILES string of the molecule is c1cnc2c(c1)[nH]c1c3[nH]c4cnccc4c3c3ccccc3c21. The summed E-state index contributed by atoms with van der Waals surface area (Å²) in [4.78, 5) is 16.0. The van der Waals surface area contributed by atoms with Crippen LogP contribution in [0.15, 0.2) is 61.1 Å². The van der Waals surface area contributed by atoms with Gasteiger partial charge < -0.3 is 9.97 Å². The Morgan fingerprint density at radius 3 is 2.38 bits per heavy atom. The zero-order valence-electron chi connectivity index (χ0n) is 12.7. The molecule has 0 aliphatic carbocycles. The normalized spacial score (nSPS) is 12.2. The quantitative estimate of drug-likeness (QED) is 0.419. The van der Waals surface area contributed by atoms with Crippen LogP contribution in [0, 0.1) is 0 Å². The molecule has 0 saturated carbocycles. The molecule has 4 heteroatoms. The Morgan fingerprint density at radius 1 is 0.667 bits per heavy atom. The van der Waals surface area contributed by atoms with Crippen LogP contribution in [0.4, 0.5) is 0 Å². The van der Waals surface area contributed by atoms with Gasteiger partial charge in [-0.25, -0.2) is 0 Å². The average Bonchev–Trinajstić information content (AvgIpc) is 3.21. The van der Waals surface area contributed by atoms with Crippen LogP contribution in [0.1, 0.15) is 0 Å². The molecular weight excluding hydrogens is 296 g/mol. The van der Waals surface area contributed by atoms with Crippen molar-refractivity contribution in [1.82, 2.24) is 19.9 Å². The van der Waals surface area contributed by atoms with Crippen molar-refractivity contribution in [3.8, 4) is 0 Å². The van der Waals surface area contributed by atoms with Gasteiger partial charge >= 0.3 is 0 Å². The zero-order valence-corrected chi connectivity index (χ0v) is 12.7. The smallest absolute Gasteiger partial charge is 0.0964 e. The van der Waals surface area contributed by atoms with Crippen molar-refractivity contribution in [2.45, 2.75) is 0 Å². The highest BCUT2D eigenvalue weighted by Gasteiger charge is 2.17. The Labute approximate surface area is 136 Å². The van der Waals surface area contributed by atoms with E-state index in [1.165, 1.54) is 26.9 Å². The first-order valence-electron chi connectivity index (χ1n) is 7.94. The molecule has 0 atom stereocenters. The molecule has 6 rings (SSSR count). The Bertz CT molecular complexity index is 1300. The summed E-state index contributed by atoms with van der Waals surface area (Å²) < 4.78 is 0. The molecule has 112 valence electrons. The third-order valence-electron chi connectivity index (χ3n) is 4.87. The number of H-pyrrole nitrogens is 2. The van der Waals surface area contributed by atoms with E-state index in [0.29, 0.717) is 0 Å². The Hall–Kier alpha value is -3.40. The molecule has 6 aromatic rings. The van der Waals surface area contributed by atoms with E-state index in [1.54, 1.807) is 0 Å². The summed E-state index contributed by atoms with van der Waals surface area (Å²) in [6.45, 7) is 0. The lowest BCUT2D eigenvalue weighted by Crippen LogP contribution is -1.80. The van der Waals surface area contributed by atoms with Gasteiger partial charge in [-0.15, -0.1) is 0 Å². The van der Waals surface area contributed by atoms with E-state index in [1.807, 2.05) is 24.7 Å². The third kappa shape index (κ3) is 1.34. The monoisotopic (exact) mass is 308 g/mol. The number of pyridine rings is 2. The molecule has 0 unspecified atom stereocenters. The summed E-state index contributed by atoms with van der Waals surface area (Å²) in [6.07, 6.45) is 5.59. The van der Waals surface area contributed by atoms with Crippen LogP contribution in [0.5, 0.6) is 0 Å². The second-order valence-electron chi connectivity index (χ2n) is 6.12. The molecule has 4 nitrogen and oxygen atoms in total. The summed E-state index contributed by atoms with van der Waals surface area (Å²) in [7, 11) is 0. The number of nitrogens with zero attached hydrogens (tertiary/aromatic N) is 2. The highest BCUT2D eigenvalue weighted by molar-refractivity contribution is 6.34. The van der Waals surface area contributed by atoms with Gasteiger partial charge in [0.25, 0.3) is 0 Å². The summed E-state index contributed by atoms with van der Waals surface area (Å²) in [6, 6.07) is 14.7. The van der Waals surface area contributed by atoms with Crippen LogP contribution in [-0.4, -0.2) is 19.9 Å². The van der Waals surface area contributed by atoms with Gasteiger partial charge in [0.15, 0.2) is 0 Å². The van der Waals surface area contributed by atoms with Crippen LogP contribution in [0.3, 0.4) is 0 Å². The van der Waals surface area contributed by atoms with Crippen LogP contribution in [-0.2, 0) is 0 Å². The highest BCUT2D eigenvalue weighted by Crippen LogP contribution is 2.40. The number of fused-ring (bicyclic) bond motifs is 10. The van der Waals surface area contributed by atoms with E-state index < -0.39 is 0 Å². The van der Waals surface area contributed by atoms with E-state index in [9.17, 15) is 0 Å². The summed E-state index contributed by atoms with van der Waals surface area (Å²) in [5.41, 5.74) is 5.35. The van der Waals surface area contributed by atoms with Gasteiger partial charge in [-0.05, 0) is 29.0 Å². The van der Waals surface area contributed by atoms with Crippen molar-refractivity contribution in [2.24, 2.45) is 0 Å². The summed E-state index contributed by atoms with van der Waals surface area (Å²) in [5.74, 6) is 0. The standard InChI is InChI=1S/C20H12N4/c1-2-5-12-11(4-1)16-13-7-9-21-10-15(13)24-19(16)20-17(12)18-14(23-20)6-3-8-22-18/h1-10,23-24H. The molecule has 0 saturated heterocycles. The molecule has 4 heterocycles. The molecule has 0 aliphatic rings. The van der Waals surface area contributed by atoms with Crippen molar-refractivity contribution in [2.75, 3.05) is 0 Å². The van der Waals surface area contributed by atoms with Gasteiger partial charge in [0.1, 0.15) is 0 Å². The highest BCUT2D eigenvalue weighted by atomic mass is 14.8. The van der Waals surface area contributed by atoms with Crippen molar-refractivity contribution < 1.29 is 0 Å². The molecule has 0 amide bonds. The second kappa shape index (κ2) is 4.11. The van der Waals surface area contributed by atoms with Crippen LogP contribution >= 0.6 is 0 Å². The van der Waals surface area contributed by atoms with Gasteiger partial charge in [-0.3, -0.25) is 9.97 Å². The summed E-state index contributed by atoms with van der Waals surface area (Å²) in [5, 5.41) is 6.08. The molecule has 0 bridgehead atoms. The lowest BCUT2D eigenvalue weighted by Gasteiger charge is -2.03. The van der Waals surface area contributed by atoms with Crippen LogP contribution in [0.25, 0.3) is 54.5 Å². The molecule has 24 heavy (non-hydrogen) atoms. The predicted octanol–water partition coefficient (Wildman–Crippen LogP) is 4.90. The molecule has 0 radical (unpaired) electrons. The number of aromatic nitrogens is 4. The fraction of sp³-hybridized carbons (Fsp3) is 0. The number of hydrogen-bond acceptors (Lipinski definition) is 2. The third-order valence-corrected chi connectivity index (χ3v) is 4.87. The molecule has 2 aromatic carbocycles. The minimum absolute atomic E-state index is 1.02. The molecule has 0 fully saturated rings. The lowest BCUT2D eigenvalue weighted by atomic mass is 10.0. The van der Waals surface area contributed by atoms with Crippen molar-refractivity contribution in [3.63, 3.8) is 0 Å². The summed E-state index contributed by atoms with van der Waals surface area (Å²) >= 11 is 0. The number of hydrogen-bond donors (Lipinski definition) is 2. The number of rotatable bonds is 0. The number of benzene rings is 2. The number of aromatic amines is 2. The first kappa shape index (κ1) is 12.1.